The summed E-state index contributed by atoms with van der Waals surface area (Å²) in [6.07, 6.45) is 1.68. The SMILES string of the molecule is Nc1ncc(-c2nc(N3CCCCC3)nc(N3CCOCC3)n2)c(C(F)F)n1. The van der Waals surface area contributed by atoms with Gasteiger partial charge in [-0.05, 0) is 19.3 Å². The number of hydrogen-bond acceptors (Lipinski definition) is 9. The quantitative estimate of drug-likeness (QED) is 0.831. The molecule has 2 fully saturated rings. The number of piperidine rings is 1. The Balaban J connectivity index is 1.79. The Morgan fingerprint density at radius 1 is 0.893 bits per heavy atom. The summed E-state index contributed by atoms with van der Waals surface area (Å²) < 4.78 is 32.5. The highest BCUT2D eigenvalue weighted by molar-refractivity contribution is 5.61. The Morgan fingerprint density at radius 2 is 1.54 bits per heavy atom. The van der Waals surface area contributed by atoms with E-state index in [2.05, 4.69) is 29.8 Å². The number of nitrogens with zero attached hydrogens (tertiary/aromatic N) is 7. The van der Waals surface area contributed by atoms with E-state index in [9.17, 15) is 8.78 Å². The van der Waals surface area contributed by atoms with Gasteiger partial charge in [-0.3, -0.25) is 0 Å². The predicted molar refractivity (Wildman–Crippen MR) is 99.3 cm³/mol. The molecule has 0 saturated carbocycles. The predicted octanol–water partition coefficient (Wildman–Crippen LogP) is 1.68. The Morgan fingerprint density at radius 3 is 2.18 bits per heavy atom. The minimum absolute atomic E-state index is 0.0689. The first-order valence-electron chi connectivity index (χ1n) is 9.36. The molecule has 0 atom stereocenters. The van der Waals surface area contributed by atoms with Gasteiger partial charge in [0.15, 0.2) is 5.82 Å². The second-order valence-corrected chi connectivity index (χ2v) is 6.73. The lowest BCUT2D eigenvalue weighted by Crippen LogP contribution is -2.38. The molecule has 2 N–H and O–H groups in total. The van der Waals surface area contributed by atoms with Crippen LogP contribution in [0.25, 0.3) is 11.4 Å². The van der Waals surface area contributed by atoms with Crippen LogP contribution in [0.2, 0.25) is 0 Å². The van der Waals surface area contributed by atoms with Crippen molar-refractivity contribution in [2.24, 2.45) is 0 Å². The van der Waals surface area contributed by atoms with Crippen molar-refractivity contribution >= 4 is 17.8 Å². The number of morpholine rings is 1. The van der Waals surface area contributed by atoms with Crippen LogP contribution in [0.15, 0.2) is 6.20 Å². The number of aromatic nitrogens is 5. The van der Waals surface area contributed by atoms with Crippen LogP contribution in [0, 0.1) is 0 Å². The Bertz CT molecular complexity index is 789. The number of halogens is 2. The van der Waals surface area contributed by atoms with E-state index in [1.165, 1.54) is 6.20 Å². The molecule has 2 aromatic heterocycles. The topological polar surface area (TPSA) is 106 Å². The summed E-state index contributed by atoms with van der Waals surface area (Å²) in [5.74, 6) is 0.860. The third-order valence-electron chi connectivity index (χ3n) is 4.83. The fraction of sp³-hybridized carbons (Fsp3) is 0.588. The minimum atomic E-state index is -2.82. The van der Waals surface area contributed by atoms with Crippen molar-refractivity contribution < 1.29 is 13.5 Å². The Hall–Kier alpha value is -2.69. The number of anilines is 3. The van der Waals surface area contributed by atoms with Crippen molar-refractivity contribution in [2.45, 2.75) is 25.7 Å². The summed E-state index contributed by atoms with van der Waals surface area (Å²) >= 11 is 0. The van der Waals surface area contributed by atoms with E-state index < -0.39 is 12.1 Å². The van der Waals surface area contributed by atoms with Gasteiger partial charge in [0.2, 0.25) is 17.8 Å². The van der Waals surface area contributed by atoms with Crippen molar-refractivity contribution in [3.8, 4) is 11.4 Å². The fourth-order valence-corrected chi connectivity index (χ4v) is 3.36. The van der Waals surface area contributed by atoms with Crippen LogP contribution in [0.5, 0.6) is 0 Å². The molecule has 0 bridgehead atoms. The lowest BCUT2D eigenvalue weighted by molar-refractivity contribution is 0.122. The van der Waals surface area contributed by atoms with Crippen LogP contribution < -0.4 is 15.5 Å². The number of alkyl halides is 2. The fourth-order valence-electron chi connectivity index (χ4n) is 3.36. The zero-order valence-corrected chi connectivity index (χ0v) is 15.4. The van der Waals surface area contributed by atoms with Gasteiger partial charge in [0, 0.05) is 32.4 Å². The number of nitrogens with two attached hydrogens (primary N) is 1. The van der Waals surface area contributed by atoms with Crippen LogP contribution >= 0.6 is 0 Å². The van der Waals surface area contributed by atoms with Gasteiger partial charge in [-0.25, -0.2) is 18.7 Å². The van der Waals surface area contributed by atoms with Gasteiger partial charge in [-0.1, -0.05) is 0 Å². The molecule has 0 radical (unpaired) electrons. The molecule has 0 spiro atoms. The molecule has 9 nitrogen and oxygen atoms in total. The van der Waals surface area contributed by atoms with E-state index in [0.29, 0.717) is 38.2 Å². The van der Waals surface area contributed by atoms with Crippen molar-refractivity contribution in [3.05, 3.63) is 11.9 Å². The zero-order chi connectivity index (χ0) is 19.5. The first-order valence-corrected chi connectivity index (χ1v) is 9.36. The molecule has 2 aliphatic heterocycles. The van der Waals surface area contributed by atoms with Crippen LogP contribution in [0.4, 0.5) is 26.6 Å². The second-order valence-electron chi connectivity index (χ2n) is 6.73. The third-order valence-corrected chi connectivity index (χ3v) is 4.83. The van der Waals surface area contributed by atoms with E-state index in [0.717, 1.165) is 32.4 Å². The average molecular weight is 392 g/mol. The summed E-state index contributed by atoms with van der Waals surface area (Å²) in [4.78, 5) is 25.2. The van der Waals surface area contributed by atoms with E-state index in [4.69, 9.17) is 10.5 Å². The molecular weight excluding hydrogens is 370 g/mol. The van der Waals surface area contributed by atoms with Gasteiger partial charge in [-0.15, -0.1) is 0 Å². The number of ether oxygens (including phenoxy) is 1. The van der Waals surface area contributed by atoms with Crippen molar-refractivity contribution in [2.75, 3.05) is 54.9 Å². The molecule has 2 saturated heterocycles. The summed E-state index contributed by atoms with van der Waals surface area (Å²) in [6, 6.07) is 0. The normalized spacial score (nSPS) is 18.0. The highest BCUT2D eigenvalue weighted by atomic mass is 19.3. The van der Waals surface area contributed by atoms with Crippen molar-refractivity contribution in [3.63, 3.8) is 0 Å². The van der Waals surface area contributed by atoms with Gasteiger partial charge in [-0.2, -0.15) is 15.0 Å². The molecule has 0 unspecified atom stereocenters. The summed E-state index contributed by atoms with van der Waals surface area (Å²) in [7, 11) is 0. The maximum atomic E-state index is 13.5. The zero-order valence-electron chi connectivity index (χ0n) is 15.4. The van der Waals surface area contributed by atoms with E-state index in [-0.39, 0.29) is 17.3 Å². The standard InChI is InChI=1S/C17H22F2N8O/c18-13(19)12-11(10-21-15(20)22-12)14-23-16(26-4-2-1-3-5-26)25-17(24-14)27-6-8-28-9-7-27/h10,13H,1-9H2,(H2,20,21,22). The van der Waals surface area contributed by atoms with Gasteiger partial charge in [0.1, 0.15) is 5.69 Å². The average Bonchev–Trinajstić information content (AvgIpc) is 2.74. The molecule has 150 valence electrons. The van der Waals surface area contributed by atoms with E-state index in [1.54, 1.807) is 0 Å². The third kappa shape index (κ3) is 3.93. The lowest BCUT2D eigenvalue weighted by atomic mass is 10.1. The smallest absolute Gasteiger partial charge is 0.281 e. The van der Waals surface area contributed by atoms with Gasteiger partial charge in [0.25, 0.3) is 6.43 Å². The Labute approximate surface area is 161 Å². The largest absolute Gasteiger partial charge is 0.378 e. The summed E-state index contributed by atoms with van der Waals surface area (Å²) in [5.41, 5.74) is 5.09. The first-order chi connectivity index (χ1) is 13.6. The number of rotatable bonds is 4. The molecule has 4 rings (SSSR count). The van der Waals surface area contributed by atoms with Gasteiger partial charge >= 0.3 is 0 Å². The molecule has 2 aliphatic rings. The maximum absolute atomic E-state index is 13.5. The molecule has 11 heteroatoms. The van der Waals surface area contributed by atoms with E-state index in [1.807, 2.05) is 4.90 Å². The summed E-state index contributed by atoms with van der Waals surface area (Å²) in [5, 5.41) is 0. The Kier molecular flexibility index (Phi) is 5.42. The van der Waals surface area contributed by atoms with E-state index >= 15 is 0 Å². The van der Waals surface area contributed by atoms with Gasteiger partial charge in [0.05, 0.1) is 18.8 Å². The number of hydrogen-bond donors (Lipinski definition) is 1. The molecule has 2 aromatic rings. The molecular formula is C17H22F2N8O. The second kappa shape index (κ2) is 8.13. The number of nitrogen functional groups attached to an aromatic ring is 1. The lowest BCUT2D eigenvalue weighted by Gasteiger charge is -2.30. The first kappa shape index (κ1) is 18.7. The van der Waals surface area contributed by atoms with Crippen LogP contribution in [0.1, 0.15) is 31.4 Å². The minimum Gasteiger partial charge on any atom is -0.378 e. The molecule has 0 aliphatic carbocycles. The maximum Gasteiger partial charge on any atom is 0.281 e. The highest BCUT2D eigenvalue weighted by Crippen LogP contribution is 2.30. The molecule has 0 amide bonds. The van der Waals surface area contributed by atoms with Crippen LogP contribution in [-0.4, -0.2) is 64.3 Å². The highest BCUT2D eigenvalue weighted by Gasteiger charge is 2.24. The molecule has 0 aromatic carbocycles. The molecule has 28 heavy (non-hydrogen) atoms. The van der Waals surface area contributed by atoms with Crippen LogP contribution in [-0.2, 0) is 4.74 Å². The monoisotopic (exact) mass is 392 g/mol. The van der Waals surface area contributed by atoms with Crippen molar-refractivity contribution in [1.82, 2.24) is 24.9 Å². The van der Waals surface area contributed by atoms with Gasteiger partial charge < -0.3 is 20.3 Å². The summed E-state index contributed by atoms with van der Waals surface area (Å²) in [6.45, 7) is 4.03. The van der Waals surface area contributed by atoms with Crippen LogP contribution in [0.3, 0.4) is 0 Å². The van der Waals surface area contributed by atoms with Crippen molar-refractivity contribution in [1.29, 1.82) is 0 Å². The molecule has 4 heterocycles.